The van der Waals surface area contributed by atoms with Crippen molar-refractivity contribution in [2.75, 3.05) is 0 Å². The molecule has 6 heteroatoms. The van der Waals surface area contributed by atoms with Crippen LogP contribution in [0.25, 0.3) is 16.7 Å². The van der Waals surface area contributed by atoms with E-state index in [9.17, 15) is 5.11 Å². The van der Waals surface area contributed by atoms with Crippen molar-refractivity contribution in [3.63, 3.8) is 0 Å². The van der Waals surface area contributed by atoms with Gasteiger partial charge in [0.15, 0.2) is 5.16 Å². The molecule has 0 aliphatic carbocycles. The molecule has 0 spiro atoms. The van der Waals surface area contributed by atoms with E-state index in [4.69, 9.17) is 0 Å². The fraction of sp³-hybridized carbons (Fsp3) is 0.0667. The predicted molar refractivity (Wildman–Crippen MR) is 81.3 cm³/mol. The lowest BCUT2D eigenvalue weighted by Gasteiger charge is -1.99. The van der Waals surface area contributed by atoms with Crippen molar-refractivity contribution in [1.82, 2.24) is 19.4 Å². The van der Waals surface area contributed by atoms with Crippen LogP contribution in [0.5, 0.6) is 0 Å². The number of para-hydroxylation sites is 2. The normalized spacial score (nSPS) is 11.5. The Bertz CT molecular complexity index is 895. The van der Waals surface area contributed by atoms with Crippen LogP contribution in [0.15, 0.2) is 58.8 Å². The van der Waals surface area contributed by atoms with Crippen molar-refractivity contribution in [2.45, 2.75) is 16.8 Å². The van der Waals surface area contributed by atoms with Gasteiger partial charge in [0, 0.05) is 6.20 Å². The first-order valence-corrected chi connectivity index (χ1v) is 7.36. The second kappa shape index (κ2) is 4.91. The summed E-state index contributed by atoms with van der Waals surface area (Å²) in [5, 5.41) is 11.2. The van der Waals surface area contributed by atoms with E-state index in [2.05, 4.69) is 15.0 Å². The van der Waals surface area contributed by atoms with E-state index in [1.165, 1.54) is 11.8 Å². The summed E-state index contributed by atoms with van der Waals surface area (Å²) in [7, 11) is 0. The van der Waals surface area contributed by atoms with Gasteiger partial charge in [0.05, 0.1) is 23.3 Å². The second-order valence-corrected chi connectivity index (χ2v) is 5.59. The molecule has 0 atom stereocenters. The molecule has 104 valence electrons. The molecule has 0 saturated heterocycles. The molecule has 0 unspecified atom stereocenters. The van der Waals surface area contributed by atoms with Gasteiger partial charge in [-0.05, 0) is 36.0 Å². The topological polar surface area (TPSA) is 66.2 Å². The fourth-order valence-electron chi connectivity index (χ4n) is 2.32. The zero-order valence-electron chi connectivity index (χ0n) is 11.0. The van der Waals surface area contributed by atoms with Crippen molar-refractivity contribution in [3.05, 3.63) is 54.4 Å². The van der Waals surface area contributed by atoms with Gasteiger partial charge in [-0.1, -0.05) is 18.2 Å². The zero-order chi connectivity index (χ0) is 14.2. The molecular weight excluding hydrogens is 284 g/mol. The molecule has 4 aromatic rings. The predicted octanol–water partition coefficient (Wildman–Crippen LogP) is 2.85. The third-order valence-electron chi connectivity index (χ3n) is 3.30. The Morgan fingerprint density at radius 2 is 1.95 bits per heavy atom. The summed E-state index contributed by atoms with van der Waals surface area (Å²) in [5.74, 6) is 0. The van der Waals surface area contributed by atoms with E-state index in [1.807, 2.05) is 53.1 Å². The highest BCUT2D eigenvalue weighted by Crippen LogP contribution is 2.30. The van der Waals surface area contributed by atoms with Crippen molar-refractivity contribution >= 4 is 28.4 Å². The van der Waals surface area contributed by atoms with Gasteiger partial charge in [0.1, 0.15) is 10.7 Å². The minimum absolute atomic E-state index is 0.0618. The Balaban J connectivity index is 1.79. The largest absolute Gasteiger partial charge is 0.390 e. The quantitative estimate of drug-likeness (QED) is 0.610. The number of hydrogen-bond donors (Lipinski definition) is 2. The van der Waals surface area contributed by atoms with Crippen molar-refractivity contribution < 1.29 is 5.11 Å². The summed E-state index contributed by atoms with van der Waals surface area (Å²) in [6.45, 7) is -0.0618. The van der Waals surface area contributed by atoms with Crippen LogP contribution in [0.2, 0.25) is 0 Å². The summed E-state index contributed by atoms with van der Waals surface area (Å²) >= 11 is 1.43. The van der Waals surface area contributed by atoms with Gasteiger partial charge < -0.3 is 14.5 Å². The number of imidazole rings is 2. The summed E-state index contributed by atoms with van der Waals surface area (Å²) in [4.78, 5) is 12.3. The lowest BCUT2D eigenvalue weighted by atomic mass is 10.3. The lowest BCUT2D eigenvalue weighted by Crippen LogP contribution is -1.92. The maximum Gasteiger partial charge on any atom is 0.172 e. The van der Waals surface area contributed by atoms with E-state index in [0.717, 1.165) is 32.6 Å². The first-order valence-electron chi connectivity index (χ1n) is 6.54. The van der Waals surface area contributed by atoms with E-state index < -0.39 is 0 Å². The van der Waals surface area contributed by atoms with E-state index in [1.54, 1.807) is 0 Å². The van der Waals surface area contributed by atoms with Crippen LogP contribution in [0.3, 0.4) is 0 Å². The number of H-pyrrole nitrogens is 1. The average molecular weight is 296 g/mol. The monoisotopic (exact) mass is 296 g/mol. The van der Waals surface area contributed by atoms with Gasteiger partial charge >= 0.3 is 0 Å². The molecule has 0 aliphatic rings. The van der Waals surface area contributed by atoms with Gasteiger partial charge in [0.2, 0.25) is 0 Å². The number of hydrogen-bond acceptors (Lipinski definition) is 4. The van der Waals surface area contributed by atoms with Crippen molar-refractivity contribution in [2.24, 2.45) is 0 Å². The van der Waals surface area contributed by atoms with Crippen LogP contribution < -0.4 is 0 Å². The number of aliphatic hydroxyl groups excluding tert-OH is 1. The molecule has 0 radical (unpaired) electrons. The highest BCUT2D eigenvalue weighted by atomic mass is 32.2. The molecule has 3 aromatic heterocycles. The molecule has 0 amide bonds. The molecule has 3 heterocycles. The molecule has 1 aromatic carbocycles. The number of aromatic amines is 1. The summed E-state index contributed by atoms with van der Waals surface area (Å²) in [5.41, 5.74) is 3.51. The molecular formula is C15H12N4OS. The molecule has 0 fully saturated rings. The molecule has 2 N–H and O–H groups in total. The number of nitrogens with zero attached hydrogens (tertiary/aromatic N) is 3. The Morgan fingerprint density at radius 1 is 1.10 bits per heavy atom. The maximum absolute atomic E-state index is 9.62. The Hall–Kier alpha value is -2.31. The zero-order valence-corrected chi connectivity index (χ0v) is 11.8. The van der Waals surface area contributed by atoms with Crippen LogP contribution in [-0.4, -0.2) is 24.5 Å². The SMILES string of the molecule is OCc1c(Sc2nc3ccccc3[nH]2)nc2ccccn12. The minimum Gasteiger partial charge on any atom is -0.390 e. The van der Waals surface area contributed by atoms with Gasteiger partial charge in [-0.2, -0.15) is 0 Å². The van der Waals surface area contributed by atoms with E-state index in [0.29, 0.717) is 0 Å². The number of nitrogens with one attached hydrogen (secondary N) is 1. The van der Waals surface area contributed by atoms with E-state index >= 15 is 0 Å². The van der Waals surface area contributed by atoms with Crippen LogP contribution in [0.4, 0.5) is 0 Å². The number of benzene rings is 1. The first kappa shape index (κ1) is 12.4. The number of aromatic nitrogens is 4. The van der Waals surface area contributed by atoms with Gasteiger partial charge in [-0.3, -0.25) is 0 Å². The minimum atomic E-state index is -0.0618. The van der Waals surface area contributed by atoms with Crippen LogP contribution in [0.1, 0.15) is 5.69 Å². The third kappa shape index (κ3) is 2.09. The number of aliphatic hydroxyl groups is 1. The van der Waals surface area contributed by atoms with Crippen molar-refractivity contribution in [3.8, 4) is 0 Å². The summed E-state index contributed by atoms with van der Waals surface area (Å²) < 4.78 is 1.89. The summed E-state index contributed by atoms with van der Waals surface area (Å²) in [6, 6.07) is 13.7. The fourth-order valence-corrected chi connectivity index (χ4v) is 3.23. The smallest absolute Gasteiger partial charge is 0.172 e. The van der Waals surface area contributed by atoms with Gasteiger partial charge in [0.25, 0.3) is 0 Å². The molecule has 4 rings (SSSR count). The number of fused-ring (bicyclic) bond motifs is 2. The number of rotatable bonds is 3. The molecule has 21 heavy (non-hydrogen) atoms. The maximum atomic E-state index is 9.62. The lowest BCUT2D eigenvalue weighted by molar-refractivity contribution is 0.272. The van der Waals surface area contributed by atoms with Crippen LogP contribution in [0, 0.1) is 0 Å². The third-order valence-corrected chi connectivity index (χ3v) is 4.21. The van der Waals surface area contributed by atoms with Crippen LogP contribution in [-0.2, 0) is 6.61 Å². The number of pyridine rings is 1. The highest BCUT2D eigenvalue weighted by Gasteiger charge is 2.14. The standard InChI is InChI=1S/C15H12N4OS/c20-9-12-14(18-13-7-3-4-8-19(12)13)21-15-16-10-5-1-2-6-11(10)17-15/h1-8,20H,9H2,(H,16,17). The Labute approximate surface area is 124 Å². The summed E-state index contributed by atoms with van der Waals surface area (Å²) in [6.07, 6.45) is 1.90. The van der Waals surface area contributed by atoms with Gasteiger partial charge in [-0.25, -0.2) is 9.97 Å². The Morgan fingerprint density at radius 3 is 2.81 bits per heavy atom. The molecule has 0 aliphatic heterocycles. The highest BCUT2D eigenvalue weighted by molar-refractivity contribution is 7.99. The molecule has 0 bridgehead atoms. The van der Waals surface area contributed by atoms with Crippen molar-refractivity contribution in [1.29, 1.82) is 0 Å². The van der Waals surface area contributed by atoms with Gasteiger partial charge in [-0.15, -0.1) is 0 Å². The second-order valence-electron chi connectivity index (χ2n) is 4.61. The molecule has 0 saturated carbocycles. The molecule has 5 nitrogen and oxygen atoms in total. The Kier molecular flexibility index (Phi) is 2.90. The van der Waals surface area contributed by atoms with E-state index in [-0.39, 0.29) is 6.61 Å². The first-order chi connectivity index (χ1) is 10.3. The average Bonchev–Trinajstić information content (AvgIpc) is 3.06. The van der Waals surface area contributed by atoms with Crippen LogP contribution >= 0.6 is 11.8 Å².